The van der Waals surface area contributed by atoms with Gasteiger partial charge in [0.2, 0.25) is 0 Å². The number of carboxylic acid groups (broad SMARTS) is 1. The van der Waals surface area contributed by atoms with E-state index in [4.69, 9.17) is 0 Å². The Kier molecular flexibility index (Phi) is 6.12. The van der Waals surface area contributed by atoms with Gasteiger partial charge in [-0.1, -0.05) is 43.5 Å². The molecular weight excluding hydrogens is 418 g/mol. The summed E-state index contributed by atoms with van der Waals surface area (Å²) in [5.74, 6) is -0.300. The average Bonchev–Trinajstić information content (AvgIpc) is 3.50. The summed E-state index contributed by atoms with van der Waals surface area (Å²) in [6.45, 7) is 0. The maximum absolute atomic E-state index is 12.3. The largest absolute Gasteiger partial charge is 0.480 e. The van der Waals surface area contributed by atoms with Crippen molar-refractivity contribution in [2.45, 2.75) is 56.7 Å². The zero-order valence-electron chi connectivity index (χ0n) is 18.3. The Morgan fingerprint density at radius 1 is 1.18 bits per heavy atom. The zero-order chi connectivity index (χ0) is 22.6. The quantitative estimate of drug-likeness (QED) is 0.380. The molecule has 2 atom stereocenters. The number of nitrogens with one attached hydrogen (secondary N) is 2. The lowest BCUT2D eigenvalue weighted by Crippen LogP contribution is -2.42. The van der Waals surface area contributed by atoms with Gasteiger partial charge in [0.05, 0.1) is 12.1 Å². The molecule has 0 aliphatic heterocycles. The molecule has 3 N–H and O–H groups in total. The number of carbonyl (C=O) groups is 1. The molecule has 1 aliphatic carbocycles. The van der Waals surface area contributed by atoms with Crippen molar-refractivity contribution in [1.29, 1.82) is 0 Å². The molecule has 1 aliphatic rings. The van der Waals surface area contributed by atoms with E-state index in [-0.39, 0.29) is 6.04 Å². The van der Waals surface area contributed by atoms with Crippen LogP contribution in [0.4, 0.5) is 0 Å². The molecular formula is C24H27N7O2. The lowest BCUT2D eigenvalue weighted by Gasteiger charge is -2.27. The van der Waals surface area contributed by atoms with Crippen LogP contribution in [0.25, 0.3) is 10.9 Å². The maximum Gasteiger partial charge on any atom is 0.321 e. The second-order valence-corrected chi connectivity index (χ2v) is 8.61. The van der Waals surface area contributed by atoms with E-state index in [1.54, 1.807) is 12.4 Å². The molecule has 1 unspecified atom stereocenters. The van der Waals surface area contributed by atoms with Gasteiger partial charge in [-0.25, -0.2) is 4.68 Å². The van der Waals surface area contributed by atoms with Crippen LogP contribution < -0.4 is 5.32 Å². The van der Waals surface area contributed by atoms with E-state index in [0.29, 0.717) is 12.2 Å². The standard InChI is InChI=1S/C24H27N7O2/c32-24(33)21(13-17-15-26-20-11-5-4-10-19(17)20)27-22(16-7-6-12-25-14-16)23-28-29-30-31(23)18-8-2-1-3-9-18/h4-7,10-12,14-15,18,21-22,26-27H,1-3,8-9,13H2,(H,32,33)/t21-,22?/m0/s1. The number of fused-ring (bicyclic) bond motifs is 1. The molecule has 9 nitrogen and oxygen atoms in total. The molecule has 0 spiro atoms. The van der Waals surface area contributed by atoms with Gasteiger partial charge in [0, 0.05) is 35.9 Å². The van der Waals surface area contributed by atoms with Crippen molar-refractivity contribution in [1.82, 2.24) is 35.5 Å². The fourth-order valence-electron chi connectivity index (χ4n) is 4.78. The van der Waals surface area contributed by atoms with Crippen molar-refractivity contribution in [3.8, 4) is 0 Å². The predicted molar refractivity (Wildman–Crippen MR) is 123 cm³/mol. The van der Waals surface area contributed by atoms with Gasteiger partial charge in [-0.15, -0.1) is 5.10 Å². The third-order valence-corrected chi connectivity index (χ3v) is 6.48. The molecule has 33 heavy (non-hydrogen) atoms. The van der Waals surface area contributed by atoms with Gasteiger partial charge < -0.3 is 10.1 Å². The molecule has 0 radical (unpaired) electrons. The summed E-state index contributed by atoms with van der Waals surface area (Å²) in [5.41, 5.74) is 2.76. The van der Waals surface area contributed by atoms with Crippen molar-refractivity contribution >= 4 is 16.9 Å². The first-order valence-electron chi connectivity index (χ1n) is 11.4. The topological polar surface area (TPSA) is 122 Å². The lowest BCUT2D eigenvalue weighted by atomic mass is 9.95. The summed E-state index contributed by atoms with van der Waals surface area (Å²) in [5, 5.41) is 27.1. The molecule has 0 bridgehead atoms. The van der Waals surface area contributed by atoms with Gasteiger partial charge in [0.1, 0.15) is 6.04 Å². The monoisotopic (exact) mass is 445 g/mol. The van der Waals surface area contributed by atoms with Crippen molar-refractivity contribution in [2.24, 2.45) is 0 Å². The first-order valence-corrected chi connectivity index (χ1v) is 11.4. The average molecular weight is 446 g/mol. The third-order valence-electron chi connectivity index (χ3n) is 6.48. The Morgan fingerprint density at radius 2 is 2.03 bits per heavy atom. The predicted octanol–water partition coefficient (Wildman–Crippen LogP) is 3.43. The van der Waals surface area contributed by atoms with Crippen LogP contribution in [0.2, 0.25) is 0 Å². The number of hydrogen-bond donors (Lipinski definition) is 3. The SMILES string of the molecule is O=C(O)[C@H](Cc1c[nH]c2ccccc12)NC(c1cccnc1)c1nnnn1C1CCCCC1. The first-order chi connectivity index (χ1) is 16.2. The number of hydrogen-bond acceptors (Lipinski definition) is 6. The second kappa shape index (κ2) is 9.50. The second-order valence-electron chi connectivity index (χ2n) is 8.61. The summed E-state index contributed by atoms with van der Waals surface area (Å²) in [6, 6.07) is 10.6. The normalized spacial score (nSPS) is 16.6. The van der Waals surface area contributed by atoms with Gasteiger partial charge in [-0.05, 0) is 46.5 Å². The molecule has 5 rings (SSSR count). The van der Waals surface area contributed by atoms with E-state index in [9.17, 15) is 9.90 Å². The van der Waals surface area contributed by atoms with Crippen LogP contribution in [0, 0.1) is 0 Å². The van der Waals surface area contributed by atoms with Crippen molar-refractivity contribution in [3.63, 3.8) is 0 Å². The van der Waals surface area contributed by atoms with E-state index >= 15 is 0 Å². The van der Waals surface area contributed by atoms with Gasteiger partial charge >= 0.3 is 5.97 Å². The molecule has 0 amide bonds. The number of para-hydroxylation sites is 1. The number of benzene rings is 1. The number of aromatic amines is 1. The molecule has 1 saturated carbocycles. The van der Waals surface area contributed by atoms with E-state index in [0.717, 1.165) is 47.7 Å². The summed E-state index contributed by atoms with van der Waals surface area (Å²) in [4.78, 5) is 19.8. The minimum absolute atomic E-state index is 0.224. The highest BCUT2D eigenvalue weighted by molar-refractivity contribution is 5.84. The number of aliphatic carboxylic acids is 1. The summed E-state index contributed by atoms with van der Waals surface area (Å²) < 4.78 is 1.88. The van der Waals surface area contributed by atoms with E-state index in [1.165, 1.54) is 6.42 Å². The summed E-state index contributed by atoms with van der Waals surface area (Å²) in [6.07, 6.45) is 11.2. The number of tetrazole rings is 1. The van der Waals surface area contributed by atoms with Crippen molar-refractivity contribution < 1.29 is 9.90 Å². The third kappa shape index (κ3) is 4.49. The number of nitrogens with zero attached hydrogens (tertiary/aromatic N) is 5. The fraction of sp³-hybridized carbons (Fsp3) is 0.375. The van der Waals surface area contributed by atoms with Gasteiger partial charge in [-0.3, -0.25) is 15.1 Å². The van der Waals surface area contributed by atoms with Crippen LogP contribution in [-0.4, -0.2) is 47.3 Å². The summed E-state index contributed by atoms with van der Waals surface area (Å²) in [7, 11) is 0. The van der Waals surface area contributed by atoms with Crippen LogP contribution in [0.3, 0.4) is 0 Å². The highest BCUT2D eigenvalue weighted by atomic mass is 16.4. The minimum Gasteiger partial charge on any atom is -0.480 e. The molecule has 9 heteroatoms. The highest BCUT2D eigenvalue weighted by Gasteiger charge is 2.31. The van der Waals surface area contributed by atoms with Gasteiger partial charge in [0.25, 0.3) is 0 Å². The van der Waals surface area contributed by atoms with Gasteiger partial charge in [0.15, 0.2) is 5.82 Å². The van der Waals surface area contributed by atoms with Crippen LogP contribution in [0.5, 0.6) is 0 Å². The maximum atomic E-state index is 12.3. The molecule has 0 saturated heterocycles. The Morgan fingerprint density at radius 3 is 2.82 bits per heavy atom. The Labute approximate surface area is 191 Å². The first kappa shape index (κ1) is 21.3. The van der Waals surface area contributed by atoms with Crippen LogP contribution in [0.15, 0.2) is 55.0 Å². The molecule has 170 valence electrons. The molecule has 1 aromatic carbocycles. The van der Waals surface area contributed by atoms with E-state index in [1.807, 2.05) is 47.3 Å². The Balaban J connectivity index is 1.48. The molecule has 1 fully saturated rings. The Hall–Kier alpha value is -3.59. The molecule has 3 heterocycles. The number of pyridine rings is 1. The van der Waals surface area contributed by atoms with Crippen molar-refractivity contribution in [3.05, 3.63) is 71.9 Å². The zero-order valence-corrected chi connectivity index (χ0v) is 18.3. The van der Waals surface area contributed by atoms with Crippen LogP contribution in [0.1, 0.15) is 61.1 Å². The lowest BCUT2D eigenvalue weighted by molar-refractivity contribution is -0.139. The van der Waals surface area contributed by atoms with Crippen LogP contribution >= 0.6 is 0 Å². The number of aromatic nitrogens is 6. The van der Waals surface area contributed by atoms with E-state index in [2.05, 4.69) is 30.8 Å². The molecule has 4 aromatic rings. The summed E-state index contributed by atoms with van der Waals surface area (Å²) >= 11 is 0. The minimum atomic E-state index is -0.925. The Bertz CT molecular complexity index is 1210. The smallest absolute Gasteiger partial charge is 0.321 e. The molecule has 3 aromatic heterocycles. The number of rotatable bonds is 8. The van der Waals surface area contributed by atoms with Crippen molar-refractivity contribution in [2.75, 3.05) is 0 Å². The number of H-pyrrole nitrogens is 1. The highest BCUT2D eigenvalue weighted by Crippen LogP contribution is 2.31. The number of carboxylic acids is 1. The van der Waals surface area contributed by atoms with Gasteiger partial charge in [-0.2, -0.15) is 0 Å². The van der Waals surface area contributed by atoms with Crippen LogP contribution in [-0.2, 0) is 11.2 Å². The van der Waals surface area contributed by atoms with E-state index < -0.39 is 18.1 Å². The fourth-order valence-corrected chi connectivity index (χ4v) is 4.78.